The molecule has 0 spiro atoms. The average Bonchev–Trinajstić information content (AvgIpc) is 2.65. The summed E-state index contributed by atoms with van der Waals surface area (Å²) in [6.45, 7) is 10.1. The molecule has 6 aromatic rings. The van der Waals surface area contributed by atoms with Gasteiger partial charge in [0.1, 0.15) is 24.1 Å². The van der Waals surface area contributed by atoms with E-state index in [-0.39, 0.29) is 52.6 Å². The lowest BCUT2D eigenvalue weighted by Gasteiger charge is -2.28. The van der Waals surface area contributed by atoms with Gasteiger partial charge in [0, 0.05) is 65.5 Å². The van der Waals surface area contributed by atoms with Crippen LogP contribution in [0.4, 0.5) is 23.0 Å². The molecule has 0 saturated carbocycles. The van der Waals surface area contributed by atoms with Gasteiger partial charge in [-0.3, -0.25) is 23.7 Å². The van der Waals surface area contributed by atoms with Gasteiger partial charge in [-0.2, -0.15) is 26.4 Å². The molecule has 1 atom stereocenters. The Bertz CT molecular complexity index is 3870. The van der Waals surface area contributed by atoms with Crippen molar-refractivity contribution in [2.24, 2.45) is 0 Å². The maximum Gasteiger partial charge on any atom is 0.326 e. The number of carboxylic acid groups (broad SMARTS) is 1. The molecule has 1 amide bonds. The van der Waals surface area contributed by atoms with Gasteiger partial charge >= 0.3 is 5.97 Å². The number of carboxylic acids is 1. The summed E-state index contributed by atoms with van der Waals surface area (Å²) in [5, 5.41) is 16.2. The van der Waals surface area contributed by atoms with Crippen LogP contribution in [0.15, 0.2) is 143 Å². The van der Waals surface area contributed by atoms with Crippen molar-refractivity contribution in [2.45, 2.75) is 115 Å². The Kier molecular flexibility index (Phi) is 17.8. The molecule has 9 rings (SSSR count). The number of carbonyl (C=O) groups excluding carboxylic acids is 1. The first-order valence-electron chi connectivity index (χ1n) is 27.8. The van der Waals surface area contributed by atoms with Gasteiger partial charge in [0.05, 0.1) is 35.4 Å². The zero-order chi connectivity index (χ0) is 59.3. The minimum absolute atomic E-state index is 0.0149. The monoisotopic (exact) mass is 1170 g/mol. The smallest absolute Gasteiger partial charge is 0.326 e. The van der Waals surface area contributed by atoms with Crippen LogP contribution in [-0.4, -0.2) is 104 Å². The van der Waals surface area contributed by atoms with E-state index >= 15 is 0 Å². The zero-order valence-electron chi connectivity index (χ0n) is 46.9. The fourth-order valence-corrected chi connectivity index (χ4v) is 12.6. The van der Waals surface area contributed by atoms with E-state index in [1.807, 2.05) is 24.3 Å². The minimum atomic E-state index is -4.11. The molecule has 1 aliphatic carbocycles. The maximum absolute atomic E-state index is 13.5. The van der Waals surface area contributed by atoms with Crippen LogP contribution < -0.4 is 31.6 Å². The van der Waals surface area contributed by atoms with Crippen molar-refractivity contribution in [3.8, 4) is 5.75 Å². The third kappa shape index (κ3) is 14.2. The summed E-state index contributed by atoms with van der Waals surface area (Å²) in [5.74, 6) is -1.20. The number of para-hydroxylation sites is 2. The number of unbranched alkanes of at least 4 members (excludes halogenated alkanes) is 2. The second kappa shape index (κ2) is 24.8. The van der Waals surface area contributed by atoms with E-state index in [0.29, 0.717) is 80.7 Å². The number of fused-ring (bicyclic) bond motifs is 3. The summed E-state index contributed by atoms with van der Waals surface area (Å²) in [4.78, 5) is 55.6. The number of rotatable bonds is 24. The fourth-order valence-electron chi connectivity index (χ4n) is 11.5. The van der Waals surface area contributed by atoms with Crippen molar-refractivity contribution in [3.63, 3.8) is 0 Å². The van der Waals surface area contributed by atoms with Crippen molar-refractivity contribution >= 4 is 72.0 Å². The van der Waals surface area contributed by atoms with E-state index in [4.69, 9.17) is 10.5 Å². The summed E-state index contributed by atoms with van der Waals surface area (Å²) < 4.78 is 74.8. The Balaban J connectivity index is 0.956. The number of amides is 1. The molecule has 3 aliphatic rings. The molecule has 1 unspecified atom stereocenters. The van der Waals surface area contributed by atoms with Crippen LogP contribution >= 0.6 is 0 Å². The molecular formula is C61H70N9O11S2+. The maximum atomic E-state index is 13.5. The summed E-state index contributed by atoms with van der Waals surface area (Å²) >= 11 is 0. The van der Waals surface area contributed by atoms with Gasteiger partial charge in [-0.25, -0.2) is 14.8 Å². The molecule has 8 N–H and O–H groups in total. The summed E-state index contributed by atoms with van der Waals surface area (Å²) in [7, 11) is -8.21. The molecule has 0 radical (unpaired) electrons. The van der Waals surface area contributed by atoms with E-state index < -0.39 is 49.1 Å². The van der Waals surface area contributed by atoms with Crippen molar-refractivity contribution in [2.75, 3.05) is 40.5 Å². The van der Waals surface area contributed by atoms with Crippen LogP contribution in [-0.2, 0) is 48.8 Å². The number of carbonyl (C=O) groups is 2. The van der Waals surface area contributed by atoms with Crippen LogP contribution in [0.3, 0.4) is 0 Å². The number of ether oxygens (including phenoxy) is 1. The van der Waals surface area contributed by atoms with Gasteiger partial charge in [-0.15, -0.1) is 0 Å². The molecule has 83 heavy (non-hydrogen) atoms. The number of aliphatic carboxylic acids is 1. The van der Waals surface area contributed by atoms with Crippen LogP contribution in [0.1, 0.15) is 118 Å². The third-order valence-electron chi connectivity index (χ3n) is 15.7. The SMILES string of the molecule is CC1(C)C(CCC2=C(Oc3ccc(CC(NC(=O)c4ccc(NCc5cnc6nc(N)[nH]c(=O)c6n5)cc4)C(=O)O)cc3)/C(=C/C=C3/N(CCCCS(=O)(=O)O)c4ccccc4C3(C)C)CCC2)=[N+](CCCCS(=O)(=O)O)c2ccccc21. The normalized spacial score (nSPS) is 17.0. The van der Waals surface area contributed by atoms with Gasteiger partial charge in [0.25, 0.3) is 31.7 Å². The molecule has 0 fully saturated rings. The molecular weight excluding hydrogens is 1100 g/mol. The highest BCUT2D eigenvalue weighted by atomic mass is 32.2. The average molecular weight is 1170 g/mol. The lowest BCUT2D eigenvalue weighted by atomic mass is 9.79. The Hall–Kier alpha value is -8.05. The van der Waals surface area contributed by atoms with Gasteiger partial charge in [0.2, 0.25) is 11.6 Å². The third-order valence-corrected chi connectivity index (χ3v) is 17.3. The van der Waals surface area contributed by atoms with E-state index in [9.17, 15) is 45.4 Å². The number of hydrogen-bond donors (Lipinski definition) is 7. The molecule has 0 bridgehead atoms. The molecule has 436 valence electrons. The second-order valence-corrected chi connectivity index (χ2v) is 25.4. The second-order valence-electron chi connectivity index (χ2n) is 22.3. The van der Waals surface area contributed by atoms with E-state index in [0.717, 1.165) is 52.4 Å². The van der Waals surface area contributed by atoms with Crippen molar-refractivity contribution < 1.29 is 49.9 Å². The van der Waals surface area contributed by atoms with E-state index in [2.05, 4.69) is 104 Å². The first kappa shape index (κ1) is 59.6. The predicted molar refractivity (Wildman–Crippen MR) is 319 cm³/mol. The molecule has 4 aromatic carbocycles. The number of nitrogens with zero attached hydrogens (tertiary/aromatic N) is 5. The van der Waals surface area contributed by atoms with Crippen molar-refractivity contribution in [1.29, 1.82) is 0 Å². The summed E-state index contributed by atoms with van der Waals surface area (Å²) in [6, 6.07) is 28.9. The zero-order valence-corrected chi connectivity index (χ0v) is 48.5. The number of nitrogen functional groups attached to an aromatic ring is 1. The molecule has 0 saturated heterocycles. The Morgan fingerprint density at radius 2 is 1.52 bits per heavy atom. The topological polar surface area (TPSA) is 300 Å². The van der Waals surface area contributed by atoms with Crippen molar-refractivity contribution in [1.82, 2.24) is 25.3 Å². The number of nitrogens with one attached hydrogen (secondary N) is 3. The molecule has 22 heteroatoms. The Morgan fingerprint density at radius 1 is 0.831 bits per heavy atom. The first-order valence-corrected chi connectivity index (χ1v) is 31.0. The molecule has 2 aliphatic heterocycles. The van der Waals surface area contributed by atoms with Gasteiger partial charge in [-0.1, -0.05) is 68.5 Å². The largest absolute Gasteiger partial charge is 0.480 e. The van der Waals surface area contributed by atoms with Gasteiger partial charge in [-0.05, 0) is 130 Å². The van der Waals surface area contributed by atoms with Crippen LogP contribution in [0.2, 0.25) is 0 Å². The number of aromatic nitrogens is 4. The van der Waals surface area contributed by atoms with Crippen LogP contribution in [0.5, 0.6) is 5.75 Å². The lowest BCUT2D eigenvalue weighted by Crippen LogP contribution is -2.42. The lowest BCUT2D eigenvalue weighted by molar-refractivity contribution is -0.440. The number of aromatic amines is 1. The molecule has 2 aromatic heterocycles. The molecule has 4 heterocycles. The predicted octanol–water partition coefficient (Wildman–Crippen LogP) is 8.95. The van der Waals surface area contributed by atoms with Crippen LogP contribution in [0, 0.1) is 0 Å². The van der Waals surface area contributed by atoms with Crippen molar-refractivity contribution in [3.05, 3.63) is 176 Å². The number of hydrogen-bond acceptors (Lipinski definition) is 14. The Labute approximate surface area is 482 Å². The minimum Gasteiger partial charge on any atom is -0.480 e. The number of benzene rings is 4. The first-order chi connectivity index (χ1) is 39.4. The number of nitrogens with two attached hydrogens (primary N) is 1. The number of allylic oxidation sites excluding steroid dienone is 5. The summed E-state index contributed by atoms with van der Waals surface area (Å²) in [5.41, 5.74) is 15.3. The van der Waals surface area contributed by atoms with Crippen LogP contribution in [0.25, 0.3) is 11.2 Å². The van der Waals surface area contributed by atoms with Gasteiger partial charge in [0.15, 0.2) is 16.9 Å². The molecule has 20 nitrogen and oxygen atoms in total. The van der Waals surface area contributed by atoms with E-state index in [1.54, 1.807) is 48.5 Å². The quantitative estimate of drug-likeness (QED) is 0.0169. The standard InChI is InChI=1S/C61H69N9O11S2/c1-60(2)46-16-5-7-18-49(46)69(32-9-11-34-82(75,76)77)51(60)30-24-40-14-13-15-41(25-31-52-61(3,4)47-17-6-8-19-50(47)70(52)33-10-12-35-83(78,79)80)54(40)81-45-28-20-39(21-29-45)36-48(58(73)74)66-56(71)42-22-26-43(27-23-42)63-37-44-38-64-55-53(65-44)57(72)68-59(62)67-55/h5-8,16-24,26-30,38,48H,9-15,25,31-37H2,1-4H3,(H7-,62,63,64,66,67,68,71,72,73,74,75,76,77,78,79,80)/p+1/b40-24+,51-30+. The van der Waals surface area contributed by atoms with Gasteiger partial charge < -0.3 is 31.1 Å². The Morgan fingerprint density at radius 3 is 2.23 bits per heavy atom. The fraction of sp³-hybridized carbons (Fsp3) is 0.361. The number of H-pyrrole nitrogens is 1. The highest BCUT2D eigenvalue weighted by Gasteiger charge is 2.45. The number of anilines is 3. The highest BCUT2D eigenvalue weighted by Crippen LogP contribution is 2.48. The summed E-state index contributed by atoms with van der Waals surface area (Å²) in [6.07, 6.45) is 11.1. The van der Waals surface area contributed by atoms with E-state index in [1.165, 1.54) is 17.5 Å². The highest BCUT2D eigenvalue weighted by molar-refractivity contribution is 7.86.